The first-order valence-corrected chi connectivity index (χ1v) is 7.19. The Labute approximate surface area is 137 Å². The van der Waals surface area contributed by atoms with Crippen molar-refractivity contribution in [3.8, 4) is 11.5 Å². The maximum Gasteiger partial charge on any atom is 0.387 e. The van der Waals surface area contributed by atoms with Crippen LogP contribution in [0.15, 0.2) is 47.1 Å². The Morgan fingerprint density at radius 2 is 2.17 bits per heavy atom. The van der Waals surface area contributed by atoms with Crippen LogP contribution in [0.1, 0.15) is 11.3 Å². The van der Waals surface area contributed by atoms with Crippen LogP contribution in [0.25, 0.3) is 6.08 Å². The normalized spacial score (nSPS) is 11.0. The molecule has 0 aliphatic rings. The van der Waals surface area contributed by atoms with Crippen molar-refractivity contribution in [3.63, 3.8) is 0 Å². The molecule has 1 N–H and O–H groups in total. The predicted molar refractivity (Wildman–Crippen MR) is 84.1 cm³/mol. The van der Waals surface area contributed by atoms with E-state index in [4.69, 9.17) is 9.15 Å². The molecule has 2 aromatic rings. The SMILES string of the molecule is COc1cc(/C=C/C(=O)NCCc2ccco2)ccc1OC(F)F. The van der Waals surface area contributed by atoms with E-state index in [-0.39, 0.29) is 17.4 Å². The molecular formula is C17H17F2NO4. The lowest BCUT2D eigenvalue weighted by molar-refractivity contribution is -0.116. The molecule has 0 radical (unpaired) electrons. The predicted octanol–water partition coefficient (Wildman–Crippen LogP) is 3.26. The summed E-state index contributed by atoms with van der Waals surface area (Å²) in [4.78, 5) is 11.7. The van der Waals surface area contributed by atoms with Crippen molar-refractivity contribution >= 4 is 12.0 Å². The molecule has 1 heterocycles. The van der Waals surface area contributed by atoms with Crippen molar-refractivity contribution in [2.24, 2.45) is 0 Å². The summed E-state index contributed by atoms with van der Waals surface area (Å²) in [5.74, 6) is 0.621. The molecule has 0 atom stereocenters. The topological polar surface area (TPSA) is 60.7 Å². The molecule has 0 unspecified atom stereocenters. The summed E-state index contributed by atoms with van der Waals surface area (Å²) in [6, 6.07) is 8.03. The maximum absolute atomic E-state index is 12.3. The number of halogens is 2. The van der Waals surface area contributed by atoms with Crippen molar-refractivity contribution in [3.05, 3.63) is 54.0 Å². The number of nitrogens with one attached hydrogen (secondary N) is 1. The lowest BCUT2D eigenvalue weighted by atomic mass is 10.2. The molecular weight excluding hydrogens is 320 g/mol. The fourth-order valence-electron chi connectivity index (χ4n) is 1.98. The van der Waals surface area contributed by atoms with Gasteiger partial charge in [0, 0.05) is 19.0 Å². The van der Waals surface area contributed by atoms with Gasteiger partial charge in [0.25, 0.3) is 0 Å². The first-order chi connectivity index (χ1) is 11.6. The molecule has 0 spiro atoms. The Morgan fingerprint density at radius 1 is 1.33 bits per heavy atom. The number of carbonyl (C=O) groups is 1. The number of alkyl halides is 2. The van der Waals surface area contributed by atoms with Gasteiger partial charge in [-0.05, 0) is 35.9 Å². The molecule has 24 heavy (non-hydrogen) atoms. The lowest BCUT2D eigenvalue weighted by Crippen LogP contribution is -2.23. The minimum atomic E-state index is -2.93. The van der Waals surface area contributed by atoms with Gasteiger partial charge < -0.3 is 19.2 Å². The number of benzene rings is 1. The standard InChI is InChI=1S/C17H17F2NO4/c1-22-15-11-12(4-6-14(15)24-17(18)19)5-7-16(21)20-9-8-13-3-2-10-23-13/h2-7,10-11,17H,8-9H2,1H3,(H,20,21)/b7-5+. The van der Waals surface area contributed by atoms with E-state index in [0.29, 0.717) is 18.5 Å². The third-order valence-electron chi connectivity index (χ3n) is 3.08. The van der Waals surface area contributed by atoms with E-state index < -0.39 is 6.61 Å². The van der Waals surface area contributed by atoms with Crippen molar-refractivity contribution in [1.29, 1.82) is 0 Å². The Kier molecular flexibility index (Phi) is 6.36. The highest BCUT2D eigenvalue weighted by Gasteiger charge is 2.10. The zero-order valence-corrected chi connectivity index (χ0v) is 13.0. The summed E-state index contributed by atoms with van der Waals surface area (Å²) in [7, 11) is 1.35. The highest BCUT2D eigenvalue weighted by atomic mass is 19.3. The molecule has 0 saturated carbocycles. The number of methoxy groups -OCH3 is 1. The summed E-state index contributed by atoms with van der Waals surface area (Å²) in [5.41, 5.74) is 0.620. The van der Waals surface area contributed by atoms with Crippen LogP contribution in [-0.4, -0.2) is 26.2 Å². The number of hydrogen-bond donors (Lipinski definition) is 1. The van der Waals surface area contributed by atoms with Crippen LogP contribution in [0.2, 0.25) is 0 Å². The van der Waals surface area contributed by atoms with Crippen LogP contribution < -0.4 is 14.8 Å². The average Bonchev–Trinajstić information content (AvgIpc) is 3.06. The lowest BCUT2D eigenvalue weighted by Gasteiger charge is -2.10. The first kappa shape index (κ1) is 17.5. The van der Waals surface area contributed by atoms with E-state index in [1.54, 1.807) is 24.5 Å². The minimum Gasteiger partial charge on any atom is -0.493 e. The van der Waals surface area contributed by atoms with Gasteiger partial charge in [-0.2, -0.15) is 8.78 Å². The van der Waals surface area contributed by atoms with Gasteiger partial charge in [0.15, 0.2) is 11.5 Å². The maximum atomic E-state index is 12.3. The summed E-state index contributed by atoms with van der Waals surface area (Å²) >= 11 is 0. The number of furan rings is 1. The highest BCUT2D eigenvalue weighted by molar-refractivity contribution is 5.91. The molecule has 1 aromatic heterocycles. The third kappa shape index (κ3) is 5.42. The molecule has 1 aromatic carbocycles. The van der Waals surface area contributed by atoms with Gasteiger partial charge in [0.2, 0.25) is 5.91 Å². The van der Waals surface area contributed by atoms with Crippen LogP contribution in [0.3, 0.4) is 0 Å². The second-order valence-electron chi connectivity index (χ2n) is 4.74. The number of amides is 1. The number of carbonyl (C=O) groups excluding carboxylic acids is 1. The summed E-state index contributed by atoms with van der Waals surface area (Å²) in [6.07, 6.45) is 5.08. The molecule has 0 bridgehead atoms. The van der Waals surface area contributed by atoms with Crippen LogP contribution in [-0.2, 0) is 11.2 Å². The Balaban J connectivity index is 1.89. The van der Waals surface area contributed by atoms with Crippen molar-refractivity contribution in [1.82, 2.24) is 5.32 Å². The molecule has 0 aliphatic carbocycles. The van der Waals surface area contributed by atoms with Crippen LogP contribution in [0, 0.1) is 0 Å². The number of hydrogen-bond acceptors (Lipinski definition) is 4. The van der Waals surface area contributed by atoms with Crippen molar-refractivity contribution in [2.75, 3.05) is 13.7 Å². The quantitative estimate of drug-likeness (QED) is 0.751. The molecule has 2 rings (SSSR count). The van der Waals surface area contributed by atoms with Crippen LogP contribution in [0.4, 0.5) is 8.78 Å². The van der Waals surface area contributed by atoms with E-state index >= 15 is 0 Å². The largest absolute Gasteiger partial charge is 0.493 e. The van der Waals surface area contributed by atoms with E-state index in [9.17, 15) is 13.6 Å². The zero-order valence-electron chi connectivity index (χ0n) is 13.0. The van der Waals surface area contributed by atoms with Gasteiger partial charge in [-0.1, -0.05) is 6.07 Å². The van der Waals surface area contributed by atoms with Gasteiger partial charge in [0.05, 0.1) is 13.4 Å². The van der Waals surface area contributed by atoms with E-state index in [0.717, 1.165) is 5.76 Å². The Morgan fingerprint density at radius 3 is 2.83 bits per heavy atom. The van der Waals surface area contributed by atoms with Gasteiger partial charge >= 0.3 is 6.61 Å². The number of ether oxygens (including phenoxy) is 2. The molecule has 7 heteroatoms. The van der Waals surface area contributed by atoms with Gasteiger partial charge in [-0.3, -0.25) is 4.79 Å². The van der Waals surface area contributed by atoms with E-state index in [1.165, 1.54) is 25.3 Å². The van der Waals surface area contributed by atoms with Gasteiger partial charge in [-0.25, -0.2) is 0 Å². The molecule has 0 aliphatic heterocycles. The van der Waals surface area contributed by atoms with Crippen LogP contribution >= 0.6 is 0 Å². The molecule has 128 valence electrons. The Hall–Kier alpha value is -2.83. The monoisotopic (exact) mass is 337 g/mol. The average molecular weight is 337 g/mol. The third-order valence-corrected chi connectivity index (χ3v) is 3.08. The van der Waals surface area contributed by atoms with E-state index in [1.807, 2.05) is 6.07 Å². The minimum absolute atomic E-state index is 0.0625. The molecule has 5 nitrogen and oxygen atoms in total. The molecule has 1 amide bonds. The van der Waals surface area contributed by atoms with Crippen LogP contribution in [0.5, 0.6) is 11.5 Å². The van der Waals surface area contributed by atoms with Crippen molar-refractivity contribution < 1.29 is 27.5 Å². The Bertz CT molecular complexity index is 684. The fraction of sp³-hybridized carbons (Fsp3) is 0.235. The highest BCUT2D eigenvalue weighted by Crippen LogP contribution is 2.29. The second-order valence-corrected chi connectivity index (χ2v) is 4.74. The smallest absolute Gasteiger partial charge is 0.387 e. The zero-order chi connectivity index (χ0) is 17.4. The van der Waals surface area contributed by atoms with Crippen molar-refractivity contribution in [2.45, 2.75) is 13.0 Å². The number of rotatable bonds is 8. The summed E-state index contributed by atoms with van der Waals surface area (Å²) in [6.45, 7) is -2.48. The van der Waals surface area contributed by atoms with Gasteiger partial charge in [0.1, 0.15) is 5.76 Å². The first-order valence-electron chi connectivity index (χ1n) is 7.19. The molecule has 0 fully saturated rings. The van der Waals surface area contributed by atoms with E-state index in [2.05, 4.69) is 10.1 Å². The summed E-state index contributed by atoms with van der Waals surface area (Å²) in [5, 5.41) is 2.72. The fourth-order valence-corrected chi connectivity index (χ4v) is 1.98. The second kappa shape index (κ2) is 8.71. The molecule has 0 saturated heterocycles. The summed E-state index contributed by atoms with van der Waals surface area (Å²) < 4.78 is 39.0. The van der Waals surface area contributed by atoms with Gasteiger partial charge in [-0.15, -0.1) is 0 Å².